The van der Waals surface area contributed by atoms with Gasteiger partial charge in [0.25, 0.3) is 5.69 Å². The highest BCUT2D eigenvalue weighted by Gasteiger charge is 2.29. The molecule has 1 fully saturated rings. The predicted molar refractivity (Wildman–Crippen MR) is 76.0 cm³/mol. The number of nitro benzene ring substituents is 1. The second kappa shape index (κ2) is 5.78. The Morgan fingerprint density at radius 3 is 2.62 bits per heavy atom. The summed E-state index contributed by atoms with van der Waals surface area (Å²) in [7, 11) is 0. The molecule has 0 bridgehead atoms. The maximum absolute atomic E-state index is 11.8. The first-order valence-corrected chi connectivity index (χ1v) is 6.45. The van der Waals surface area contributed by atoms with E-state index in [-0.39, 0.29) is 17.6 Å². The molecule has 1 saturated heterocycles. The monoisotopic (exact) mass is 292 g/mol. The first-order chi connectivity index (χ1) is 9.88. The predicted octanol–water partition coefficient (Wildman–Crippen LogP) is 1.26. The standard InChI is InChI=1S/C13H16N4O4/c1-8-11(4-3-5-12(8)17(20)21)15-13(19)14-10-6-16(7-10)9(2)18/h3-5,10H,6-7H2,1-2H3,(H2,14,15,19). The molecule has 2 N–H and O–H groups in total. The van der Waals surface area contributed by atoms with Gasteiger partial charge in [0.05, 0.1) is 22.2 Å². The van der Waals surface area contributed by atoms with Crippen molar-refractivity contribution in [1.82, 2.24) is 10.2 Å². The Labute approximate surface area is 121 Å². The van der Waals surface area contributed by atoms with Crippen LogP contribution in [0.5, 0.6) is 0 Å². The zero-order chi connectivity index (χ0) is 15.6. The molecule has 2 rings (SSSR count). The van der Waals surface area contributed by atoms with E-state index in [9.17, 15) is 19.7 Å². The molecule has 0 atom stereocenters. The van der Waals surface area contributed by atoms with Crippen molar-refractivity contribution in [2.45, 2.75) is 19.9 Å². The summed E-state index contributed by atoms with van der Waals surface area (Å²) in [5, 5.41) is 16.1. The average molecular weight is 292 g/mol. The van der Waals surface area contributed by atoms with Gasteiger partial charge in [-0.15, -0.1) is 0 Å². The van der Waals surface area contributed by atoms with Gasteiger partial charge >= 0.3 is 6.03 Å². The van der Waals surface area contributed by atoms with Crippen LogP contribution in [0.1, 0.15) is 12.5 Å². The first kappa shape index (κ1) is 14.8. The van der Waals surface area contributed by atoms with E-state index in [0.29, 0.717) is 24.3 Å². The number of amides is 3. The molecule has 0 radical (unpaired) electrons. The molecule has 1 aliphatic heterocycles. The van der Waals surface area contributed by atoms with Gasteiger partial charge in [-0.1, -0.05) is 6.07 Å². The molecule has 1 aliphatic rings. The largest absolute Gasteiger partial charge is 0.339 e. The zero-order valence-corrected chi connectivity index (χ0v) is 11.8. The van der Waals surface area contributed by atoms with Crippen molar-refractivity contribution in [3.05, 3.63) is 33.9 Å². The normalized spacial score (nSPS) is 14.3. The number of carbonyl (C=O) groups excluding carboxylic acids is 2. The van der Waals surface area contributed by atoms with Crippen LogP contribution >= 0.6 is 0 Å². The summed E-state index contributed by atoms with van der Waals surface area (Å²) >= 11 is 0. The summed E-state index contributed by atoms with van der Waals surface area (Å²) in [4.78, 5) is 34.8. The Bertz CT molecular complexity index is 596. The number of hydrogen-bond donors (Lipinski definition) is 2. The van der Waals surface area contributed by atoms with Gasteiger partial charge < -0.3 is 15.5 Å². The first-order valence-electron chi connectivity index (χ1n) is 6.45. The number of anilines is 1. The number of carbonyl (C=O) groups is 2. The van der Waals surface area contributed by atoms with Crippen LogP contribution < -0.4 is 10.6 Å². The molecular formula is C13H16N4O4. The Balaban J connectivity index is 1.93. The van der Waals surface area contributed by atoms with Crippen molar-refractivity contribution >= 4 is 23.3 Å². The summed E-state index contributed by atoms with van der Waals surface area (Å²) in [6.45, 7) is 4.02. The van der Waals surface area contributed by atoms with Crippen molar-refractivity contribution in [3.8, 4) is 0 Å². The third-order valence-corrected chi connectivity index (χ3v) is 3.41. The molecule has 0 aliphatic carbocycles. The minimum Gasteiger partial charge on any atom is -0.339 e. The molecule has 0 spiro atoms. The van der Waals surface area contributed by atoms with Crippen molar-refractivity contribution in [2.24, 2.45) is 0 Å². The fraction of sp³-hybridized carbons (Fsp3) is 0.385. The van der Waals surface area contributed by atoms with Crippen molar-refractivity contribution in [2.75, 3.05) is 18.4 Å². The highest BCUT2D eigenvalue weighted by molar-refractivity contribution is 5.91. The van der Waals surface area contributed by atoms with Crippen LogP contribution in [0.25, 0.3) is 0 Å². The van der Waals surface area contributed by atoms with E-state index in [1.165, 1.54) is 19.1 Å². The lowest BCUT2D eigenvalue weighted by molar-refractivity contribution is -0.385. The molecule has 8 nitrogen and oxygen atoms in total. The number of rotatable bonds is 3. The number of nitrogens with zero attached hydrogens (tertiary/aromatic N) is 2. The topological polar surface area (TPSA) is 105 Å². The summed E-state index contributed by atoms with van der Waals surface area (Å²) in [6.07, 6.45) is 0. The van der Waals surface area contributed by atoms with Gasteiger partial charge in [-0.25, -0.2) is 4.79 Å². The number of urea groups is 1. The van der Waals surface area contributed by atoms with Crippen LogP contribution in [0.4, 0.5) is 16.2 Å². The smallest absolute Gasteiger partial charge is 0.319 e. The molecular weight excluding hydrogens is 276 g/mol. The molecule has 112 valence electrons. The highest BCUT2D eigenvalue weighted by Crippen LogP contribution is 2.24. The minimum absolute atomic E-state index is 0.0250. The Morgan fingerprint density at radius 2 is 2.05 bits per heavy atom. The SMILES string of the molecule is CC(=O)N1CC(NC(=O)Nc2cccc([N+](=O)[O-])c2C)C1. The third-order valence-electron chi connectivity index (χ3n) is 3.41. The number of likely N-dealkylation sites (tertiary alicyclic amines) is 1. The second-order valence-corrected chi connectivity index (χ2v) is 4.93. The van der Waals surface area contributed by atoms with Crippen LogP contribution in [-0.4, -0.2) is 40.9 Å². The maximum Gasteiger partial charge on any atom is 0.319 e. The van der Waals surface area contributed by atoms with Gasteiger partial charge in [0.15, 0.2) is 0 Å². The molecule has 3 amide bonds. The van der Waals surface area contributed by atoms with E-state index in [1.807, 2.05) is 0 Å². The number of nitro groups is 1. The highest BCUT2D eigenvalue weighted by atomic mass is 16.6. The van der Waals surface area contributed by atoms with Gasteiger partial charge in [-0.3, -0.25) is 14.9 Å². The minimum atomic E-state index is -0.491. The summed E-state index contributed by atoms with van der Waals surface area (Å²) in [5.41, 5.74) is 0.750. The second-order valence-electron chi connectivity index (χ2n) is 4.93. The van der Waals surface area contributed by atoms with E-state index in [2.05, 4.69) is 10.6 Å². The van der Waals surface area contributed by atoms with Crippen LogP contribution in [0.2, 0.25) is 0 Å². The van der Waals surface area contributed by atoms with E-state index >= 15 is 0 Å². The fourth-order valence-corrected chi connectivity index (χ4v) is 2.13. The Hall–Kier alpha value is -2.64. The van der Waals surface area contributed by atoms with Crippen LogP contribution in [0.3, 0.4) is 0 Å². The molecule has 1 aromatic carbocycles. The number of nitrogens with one attached hydrogen (secondary N) is 2. The number of hydrogen-bond acceptors (Lipinski definition) is 4. The molecule has 8 heteroatoms. The van der Waals surface area contributed by atoms with Crippen LogP contribution in [-0.2, 0) is 4.79 Å². The Kier molecular flexibility index (Phi) is 4.06. The van der Waals surface area contributed by atoms with E-state index in [4.69, 9.17) is 0 Å². The van der Waals surface area contributed by atoms with E-state index in [0.717, 1.165) is 0 Å². The van der Waals surface area contributed by atoms with Gasteiger partial charge in [0, 0.05) is 26.1 Å². The maximum atomic E-state index is 11.8. The average Bonchev–Trinajstić information content (AvgIpc) is 2.35. The molecule has 21 heavy (non-hydrogen) atoms. The summed E-state index contributed by atoms with van der Waals surface area (Å²) in [5.74, 6) is -0.0250. The lowest BCUT2D eigenvalue weighted by Crippen LogP contribution is -2.61. The van der Waals surface area contributed by atoms with Gasteiger partial charge in [0.1, 0.15) is 0 Å². The van der Waals surface area contributed by atoms with Gasteiger partial charge in [0.2, 0.25) is 5.91 Å². The molecule has 0 aromatic heterocycles. The van der Waals surface area contributed by atoms with Gasteiger partial charge in [-0.2, -0.15) is 0 Å². The lowest BCUT2D eigenvalue weighted by atomic mass is 10.1. The third kappa shape index (κ3) is 3.28. The lowest BCUT2D eigenvalue weighted by Gasteiger charge is -2.38. The molecule has 0 unspecified atom stereocenters. The molecule has 1 aromatic rings. The van der Waals surface area contributed by atoms with Crippen LogP contribution in [0, 0.1) is 17.0 Å². The summed E-state index contributed by atoms with van der Waals surface area (Å²) in [6, 6.07) is 3.97. The van der Waals surface area contributed by atoms with Crippen molar-refractivity contribution < 1.29 is 14.5 Å². The van der Waals surface area contributed by atoms with E-state index < -0.39 is 11.0 Å². The molecule has 0 saturated carbocycles. The van der Waals surface area contributed by atoms with Crippen LogP contribution in [0.15, 0.2) is 18.2 Å². The fourth-order valence-electron chi connectivity index (χ4n) is 2.13. The van der Waals surface area contributed by atoms with Crippen molar-refractivity contribution in [3.63, 3.8) is 0 Å². The van der Waals surface area contributed by atoms with Gasteiger partial charge in [-0.05, 0) is 13.0 Å². The molecule has 1 heterocycles. The quantitative estimate of drug-likeness (QED) is 0.646. The van der Waals surface area contributed by atoms with Crippen molar-refractivity contribution in [1.29, 1.82) is 0 Å². The summed E-state index contributed by atoms with van der Waals surface area (Å²) < 4.78 is 0. The zero-order valence-electron chi connectivity index (χ0n) is 11.8. The number of benzene rings is 1. The van der Waals surface area contributed by atoms with E-state index in [1.54, 1.807) is 17.9 Å². The Morgan fingerprint density at radius 1 is 1.38 bits per heavy atom.